The summed E-state index contributed by atoms with van der Waals surface area (Å²) < 4.78 is 1.80. The Morgan fingerprint density at radius 2 is 2.31 bits per heavy atom. The summed E-state index contributed by atoms with van der Waals surface area (Å²) in [4.78, 5) is 14.1. The molecule has 0 aromatic carbocycles. The van der Waals surface area contributed by atoms with E-state index in [0.717, 1.165) is 32.6 Å². The smallest absolute Gasteiger partial charge is 0.252 e. The molecule has 0 aromatic heterocycles. The lowest BCUT2D eigenvalue weighted by atomic mass is 9.95. The first-order valence-electron chi connectivity index (χ1n) is 4.55. The standard InChI is InChI=1S/C8H14IN3O/c1-11-5-3-10-8(6-11)2-4-12(9)7(8)13/h10H,2-6H2,1H3. The molecule has 0 saturated carbocycles. The van der Waals surface area contributed by atoms with Gasteiger partial charge in [0.2, 0.25) is 0 Å². The topological polar surface area (TPSA) is 35.6 Å². The van der Waals surface area contributed by atoms with E-state index in [1.54, 1.807) is 3.11 Å². The highest BCUT2D eigenvalue weighted by Gasteiger charge is 2.47. The van der Waals surface area contributed by atoms with Crippen molar-refractivity contribution in [3.8, 4) is 0 Å². The third-order valence-electron chi connectivity index (χ3n) is 2.86. The van der Waals surface area contributed by atoms with E-state index in [1.165, 1.54) is 0 Å². The van der Waals surface area contributed by atoms with Gasteiger partial charge in [-0.05, 0) is 13.5 Å². The molecule has 1 N–H and O–H groups in total. The molecule has 2 aliphatic rings. The van der Waals surface area contributed by atoms with Gasteiger partial charge in [0, 0.05) is 26.2 Å². The van der Waals surface area contributed by atoms with Gasteiger partial charge in [0.05, 0.1) is 22.9 Å². The van der Waals surface area contributed by atoms with Crippen molar-refractivity contribution < 1.29 is 4.79 Å². The van der Waals surface area contributed by atoms with Crippen molar-refractivity contribution in [3.63, 3.8) is 0 Å². The van der Waals surface area contributed by atoms with E-state index < -0.39 is 0 Å². The number of rotatable bonds is 0. The van der Waals surface area contributed by atoms with Crippen molar-refractivity contribution >= 4 is 28.8 Å². The molecule has 4 nitrogen and oxygen atoms in total. The van der Waals surface area contributed by atoms with Crippen molar-refractivity contribution in [3.05, 3.63) is 0 Å². The zero-order valence-corrected chi connectivity index (χ0v) is 9.87. The molecule has 0 aliphatic carbocycles. The molecule has 74 valence electrons. The fourth-order valence-electron chi connectivity index (χ4n) is 2.12. The second-order valence-corrected chi connectivity index (χ2v) is 5.05. The summed E-state index contributed by atoms with van der Waals surface area (Å²) in [5.74, 6) is 0.250. The minimum Gasteiger partial charge on any atom is -0.303 e. The zero-order valence-electron chi connectivity index (χ0n) is 7.72. The van der Waals surface area contributed by atoms with E-state index in [4.69, 9.17) is 0 Å². The number of amides is 1. The second kappa shape index (κ2) is 3.36. The monoisotopic (exact) mass is 295 g/mol. The number of nitrogens with one attached hydrogen (secondary N) is 1. The molecule has 2 fully saturated rings. The quantitative estimate of drug-likeness (QED) is 0.498. The molecule has 2 saturated heterocycles. The van der Waals surface area contributed by atoms with Crippen LogP contribution in [-0.2, 0) is 4.79 Å². The van der Waals surface area contributed by atoms with E-state index in [-0.39, 0.29) is 11.4 Å². The van der Waals surface area contributed by atoms with Crippen molar-refractivity contribution in [2.75, 3.05) is 33.2 Å². The summed E-state index contributed by atoms with van der Waals surface area (Å²) in [6.45, 7) is 3.69. The Bertz CT molecular complexity index is 231. The summed E-state index contributed by atoms with van der Waals surface area (Å²) >= 11 is 2.10. The third-order valence-corrected chi connectivity index (χ3v) is 3.78. The first-order valence-corrected chi connectivity index (χ1v) is 5.52. The summed E-state index contributed by atoms with van der Waals surface area (Å²) in [5, 5.41) is 3.37. The number of hydrogen-bond donors (Lipinski definition) is 1. The van der Waals surface area contributed by atoms with Gasteiger partial charge in [-0.2, -0.15) is 0 Å². The molecule has 1 spiro atoms. The van der Waals surface area contributed by atoms with Gasteiger partial charge in [0.25, 0.3) is 5.91 Å². The van der Waals surface area contributed by atoms with Gasteiger partial charge >= 0.3 is 0 Å². The van der Waals surface area contributed by atoms with E-state index in [2.05, 4.69) is 40.1 Å². The van der Waals surface area contributed by atoms with Crippen LogP contribution in [0, 0.1) is 0 Å². The normalized spacial score (nSPS) is 36.2. The molecule has 2 heterocycles. The number of piperazine rings is 1. The van der Waals surface area contributed by atoms with Crippen LogP contribution >= 0.6 is 22.9 Å². The Labute approximate surface area is 92.1 Å². The Morgan fingerprint density at radius 1 is 1.54 bits per heavy atom. The maximum Gasteiger partial charge on any atom is 0.252 e. The maximum absolute atomic E-state index is 11.9. The number of hydrogen-bond acceptors (Lipinski definition) is 3. The van der Waals surface area contributed by atoms with Crippen molar-refractivity contribution in [1.29, 1.82) is 0 Å². The van der Waals surface area contributed by atoms with Crippen LogP contribution in [0.1, 0.15) is 6.42 Å². The van der Waals surface area contributed by atoms with Crippen LogP contribution in [0.3, 0.4) is 0 Å². The largest absolute Gasteiger partial charge is 0.303 e. The zero-order chi connectivity index (χ0) is 9.47. The van der Waals surface area contributed by atoms with Gasteiger partial charge < -0.3 is 10.2 Å². The van der Waals surface area contributed by atoms with E-state index in [9.17, 15) is 4.79 Å². The Hall–Kier alpha value is 0.120. The average Bonchev–Trinajstić information content (AvgIpc) is 2.35. The molecule has 2 rings (SSSR count). The van der Waals surface area contributed by atoms with Crippen LogP contribution in [-0.4, -0.2) is 52.7 Å². The highest BCUT2D eigenvalue weighted by molar-refractivity contribution is 14.1. The fourth-order valence-corrected chi connectivity index (χ4v) is 2.83. The SMILES string of the molecule is CN1CCNC2(CCN(I)C2=O)C1. The molecule has 1 amide bonds. The van der Waals surface area contributed by atoms with E-state index in [0.29, 0.717) is 0 Å². The van der Waals surface area contributed by atoms with Crippen LogP contribution in [0.25, 0.3) is 0 Å². The maximum atomic E-state index is 11.9. The number of carbonyl (C=O) groups is 1. The number of halogens is 1. The van der Waals surface area contributed by atoms with Crippen molar-refractivity contribution in [2.24, 2.45) is 0 Å². The fraction of sp³-hybridized carbons (Fsp3) is 0.875. The van der Waals surface area contributed by atoms with E-state index >= 15 is 0 Å². The van der Waals surface area contributed by atoms with Crippen LogP contribution in [0.5, 0.6) is 0 Å². The van der Waals surface area contributed by atoms with Gasteiger partial charge in [-0.15, -0.1) is 0 Å². The average molecular weight is 295 g/mol. The van der Waals surface area contributed by atoms with E-state index in [1.807, 2.05) is 0 Å². The number of likely N-dealkylation sites (N-methyl/N-ethyl adjacent to an activating group) is 1. The lowest BCUT2D eigenvalue weighted by molar-refractivity contribution is -0.129. The molecule has 1 unspecified atom stereocenters. The van der Waals surface area contributed by atoms with Crippen molar-refractivity contribution in [2.45, 2.75) is 12.0 Å². The predicted octanol–water partition coefficient (Wildman–Crippen LogP) is -0.158. The second-order valence-electron chi connectivity index (χ2n) is 3.89. The number of nitrogens with zero attached hydrogens (tertiary/aromatic N) is 2. The molecular formula is C8H14IN3O. The van der Waals surface area contributed by atoms with Crippen LogP contribution < -0.4 is 5.32 Å². The van der Waals surface area contributed by atoms with Crippen molar-refractivity contribution in [1.82, 2.24) is 13.3 Å². The van der Waals surface area contributed by atoms with Gasteiger partial charge in [-0.1, -0.05) is 0 Å². The van der Waals surface area contributed by atoms with Crippen LogP contribution in [0.4, 0.5) is 0 Å². The van der Waals surface area contributed by atoms with Crippen LogP contribution in [0.15, 0.2) is 0 Å². The summed E-state index contributed by atoms with van der Waals surface area (Å²) in [5.41, 5.74) is -0.270. The van der Waals surface area contributed by atoms with Gasteiger partial charge in [-0.3, -0.25) is 7.91 Å². The summed E-state index contributed by atoms with van der Waals surface area (Å²) in [7, 11) is 2.08. The molecule has 0 radical (unpaired) electrons. The summed E-state index contributed by atoms with van der Waals surface area (Å²) in [6, 6.07) is 0. The molecule has 1 atom stereocenters. The Balaban J connectivity index is 2.15. The molecule has 13 heavy (non-hydrogen) atoms. The third kappa shape index (κ3) is 1.57. The predicted molar refractivity (Wildman–Crippen MR) is 58.6 cm³/mol. The lowest BCUT2D eigenvalue weighted by Gasteiger charge is -2.37. The Morgan fingerprint density at radius 3 is 2.85 bits per heavy atom. The minimum atomic E-state index is -0.270. The number of carbonyl (C=O) groups excluding carboxylic acids is 1. The highest BCUT2D eigenvalue weighted by atomic mass is 127. The van der Waals surface area contributed by atoms with Gasteiger partial charge in [0.15, 0.2) is 0 Å². The minimum absolute atomic E-state index is 0.250. The Kier molecular flexibility index (Phi) is 2.50. The molecule has 2 aliphatic heterocycles. The van der Waals surface area contributed by atoms with Crippen LogP contribution in [0.2, 0.25) is 0 Å². The first-order chi connectivity index (χ1) is 6.14. The van der Waals surface area contributed by atoms with Gasteiger partial charge in [-0.25, -0.2) is 0 Å². The van der Waals surface area contributed by atoms with Gasteiger partial charge in [0.1, 0.15) is 5.54 Å². The molecule has 0 aromatic rings. The summed E-state index contributed by atoms with van der Waals surface area (Å²) in [6.07, 6.45) is 0.944. The first kappa shape index (κ1) is 9.67. The molecule has 5 heteroatoms. The molecule has 0 bridgehead atoms. The highest BCUT2D eigenvalue weighted by Crippen LogP contribution is 2.27. The lowest BCUT2D eigenvalue weighted by Crippen LogP contribution is -2.62. The molecular weight excluding hydrogens is 281 g/mol.